The maximum Gasteiger partial charge on any atom is 0.462 e. The Bertz CT molecular complexity index is 675. The van der Waals surface area contributed by atoms with Crippen LogP contribution < -0.4 is 5.43 Å². The minimum atomic E-state index is -6.57. The van der Waals surface area contributed by atoms with Gasteiger partial charge in [-0.05, 0) is 0 Å². The fourth-order valence-electron chi connectivity index (χ4n) is 1.26. The van der Waals surface area contributed by atoms with Gasteiger partial charge in [-0.3, -0.25) is 10.1 Å². The van der Waals surface area contributed by atoms with Gasteiger partial charge in [-0.2, -0.15) is 35.8 Å². The van der Waals surface area contributed by atoms with Crippen LogP contribution in [-0.2, 0) is 0 Å². The van der Waals surface area contributed by atoms with E-state index in [9.17, 15) is 46.0 Å². The monoisotopic (exact) mass is 365 g/mol. The van der Waals surface area contributed by atoms with Gasteiger partial charge >= 0.3 is 23.8 Å². The van der Waals surface area contributed by atoms with Crippen molar-refractivity contribution in [1.29, 1.82) is 0 Å². The SMILES string of the molecule is O=[N+]([O-])c1cc(/C=N/NC(F)(F)C(F)(F)C(F)(F)F)c(O)cc1O. The highest BCUT2D eigenvalue weighted by Crippen LogP contribution is 2.45. The molecule has 134 valence electrons. The number of aromatic hydroxyl groups is 2. The van der Waals surface area contributed by atoms with Gasteiger partial charge in [0.1, 0.15) is 5.75 Å². The minimum absolute atomic E-state index is 0.127. The molecule has 0 heterocycles. The van der Waals surface area contributed by atoms with Crippen LogP contribution >= 0.6 is 0 Å². The Morgan fingerprint density at radius 3 is 2.08 bits per heavy atom. The number of rotatable bonds is 5. The van der Waals surface area contributed by atoms with E-state index in [-0.39, 0.29) is 11.6 Å². The number of nitro benzene ring substituents is 1. The molecule has 0 radical (unpaired) electrons. The van der Waals surface area contributed by atoms with E-state index in [2.05, 4.69) is 5.10 Å². The minimum Gasteiger partial charge on any atom is -0.507 e. The van der Waals surface area contributed by atoms with Crippen LogP contribution in [0.1, 0.15) is 5.56 Å². The van der Waals surface area contributed by atoms with Crippen molar-refractivity contribution in [2.45, 2.75) is 18.1 Å². The van der Waals surface area contributed by atoms with Crippen molar-refractivity contribution in [3.8, 4) is 11.5 Å². The van der Waals surface area contributed by atoms with Crippen LogP contribution in [0.25, 0.3) is 0 Å². The molecule has 0 bridgehead atoms. The average Bonchev–Trinajstić information content (AvgIpc) is 2.39. The summed E-state index contributed by atoms with van der Waals surface area (Å²) in [4.78, 5) is 9.39. The van der Waals surface area contributed by atoms with Crippen LogP contribution in [0.3, 0.4) is 0 Å². The molecular weight excluding hydrogens is 359 g/mol. The molecule has 0 aliphatic rings. The first-order valence-corrected chi connectivity index (χ1v) is 5.53. The second-order valence-corrected chi connectivity index (χ2v) is 4.17. The lowest BCUT2D eigenvalue weighted by Gasteiger charge is -2.27. The third-order valence-corrected chi connectivity index (χ3v) is 2.48. The van der Waals surface area contributed by atoms with Gasteiger partial charge in [-0.1, -0.05) is 0 Å². The predicted molar refractivity (Wildman–Crippen MR) is 63.1 cm³/mol. The normalized spacial score (nSPS) is 13.3. The zero-order chi connectivity index (χ0) is 18.9. The summed E-state index contributed by atoms with van der Waals surface area (Å²) in [5.41, 5.74) is -1.44. The lowest BCUT2D eigenvalue weighted by atomic mass is 10.2. The number of nitrogens with zero attached hydrogens (tertiary/aromatic N) is 2. The highest BCUT2D eigenvalue weighted by atomic mass is 19.4. The summed E-state index contributed by atoms with van der Waals surface area (Å²) < 4.78 is 86.4. The highest BCUT2D eigenvalue weighted by molar-refractivity contribution is 5.85. The quantitative estimate of drug-likeness (QED) is 0.245. The lowest BCUT2D eigenvalue weighted by molar-refractivity contribution is -0.385. The predicted octanol–water partition coefficient (Wildman–Crippen LogP) is 2.72. The second kappa shape index (κ2) is 6.01. The molecule has 0 fully saturated rings. The van der Waals surface area contributed by atoms with Crippen molar-refractivity contribution in [2.24, 2.45) is 5.10 Å². The molecule has 1 rings (SSSR count). The molecule has 1 aromatic carbocycles. The topological polar surface area (TPSA) is 108 Å². The molecule has 1 aromatic rings. The number of alkyl halides is 7. The number of nitrogens with one attached hydrogen (secondary N) is 1. The Morgan fingerprint density at radius 2 is 1.62 bits per heavy atom. The van der Waals surface area contributed by atoms with Gasteiger partial charge in [0.25, 0.3) is 0 Å². The summed E-state index contributed by atoms with van der Waals surface area (Å²) >= 11 is 0. The number of benzene rings is 1. The van der Waals surface area contributed by atoms with Gasteiger partial charge in [-0.25, -0.2) is 5.43 Å². The molecule has 14 heteroatoms. The van der Waals surface area contributed by atoms with E-state index in [0.29, 0.717) is 12.1 Å². The van der Waals surface area contributed by atoms with Gasteiger partial charge in [0.15, 0.2) is 5.75 Å². The molecule has 24 heavy (non-hydrogen) atoms. The van der Waals surface area contributed by atoms with Crippen molar-refractivity contribution in [2.75, 3.05) is 0 Å². The van der Waals surface area contributed by atoms with E-state index in [1.165, 1.54) is 0 Å². The van der Waals surface area contributed by atoms with Crippen LogP contribution in [0.2, 0.25) is 0 Å². The molecule has 3 N–H and O–H groups in total. The van der Waals surface area contributed by atoms with E-state index in [1.807, 2.05) is 0 Å². The first-order chi connectivity index (χ1) is 10.7. The lowest BCUT2D eigenvalue weighted by Crippen LogP contribution is -2.58. The number of hydrogen-bond acceptors (Lipinski definition) is 6. The van der Waals surface area contributed by atoms with E-state index in [0.717, 1.165) is 0 Å². The van der Waals surface area contributed by atoms with Crippen LogP contribution in [0.4, 0.5) is 36.4 Å². The number of nitro groups is 1. The van der Waals surface area contributed by atoms with Crippen LogP contribution in [0, 0.1) is 10.1 Å². The van der Waals surface area contributed by atoms with Gasteiger partial charge in [0.2, 0.25) is 0 Å². The molecule has 0 aliphatic carbocycles. The Hall–Kier alpha value is -2.80. The summed E-state index contributed by atoms with van der Waals surface area (Å²) in [6.07, 6.45) is -6.44. The smallest absolute Gasteiger partial charge is 0.462 e. The van der Waals surface area contributed by atoms with Crippen molar-refractivity contribution < 1.29 is 45.9 Å². The van der Waals surface area contributed by atoms with E-state index >= 15 is 0 Å². The Morgan fingerprint density at radius 1 is 1.08 bits per heavy atom. The maximum absolute atomic E-state index is 12.9. The van der Waals surface area contributed by atoms with Crippen molar-refractivity contribution in [1.82, 2.24) is 5.43 Å². The molecule has 0 aromatic heterocycles. The summed E-state index contributed by atoms with van der Waals surface area (Å²) in [6.45, 7) is 0. The largest absolute Gasteiger partial charge is 0.507 e. The summed E-state index contributed by atoms with van der Waals surface area (Å²) in [5.74, 6) is -8.40. The third kappa shape index (κ3) is 3.57. The van der Waals surface area contributed by atoms with E-state index in [4.69, 9.17) is 5.11 Å². The molecule has 0 unspecified atom stereocenters. The molecule has 0 saturated carbocycles. The fourth-order valence-corrected chi connectivity index (χ4v) is 1.26. The highest BCUT2D eigenvalue weighted by Gasteiger charge is 2.73. The third-order valence-electron chi connectivity index (χ3n) is 2.48. The number of halogens is 7. The van der Waals surface area contributed by atoms with Crippen LogP contribution in [0.15, 0.2) is 17.2 Å². The molecule has 0 spiro atoms. The zero-order valence-electron chi connectivity index (χ0n) is 11.0. The summed E-state index contributed by atoms with van der Waals surface area (Å²) in [5, 5.41) is 31.4. The Balaban J connectivity index is 3.07. The van der Waals surface area contributed by atoms with Gasteiger partial charge < -0.3 is 10.2 Å². The molecule has 0 saturated heterocycles. The van der Waals surface area contributed by atoms with Gasteiger partial charge in [0, 0.05) is 17.7 Å². The molecule has 0 amide bonds. The molecule has 0 aliphatic heterocycles. The summed E-state index contributed by atoms with van der Waals surface area (Å²) in [6, 6.07) is -4.99. The summed E-state index contributed by atoms with van der Waals surface area (Å²) in [7, 11) is 0. The van der Waals surface area contributed by atoms with Crippen molar-refractivity contribution >= 4 is 11.9 Å². The molecular formula is C10H6F7N3O4. The second-order valence-electron chi connectivity index (χ2n) is 4.17. The first kappa shape index (κ1) is 19.2. The standard InChI is InChI=1S/C10H6F7N3O4/c11-8(12,9(13,14)15)10(16,17)19-18-3-4-1-5(20(23)24)7(22)2-6(4)21/h1-3,19,21-22H/b18-3+. The number of hydrogen-bond donors (Lipinski definition) is 3. The van der Waals surface area contributed by atoms with Crippen molar-refractivity contribution in [3.05, 3.63) is 27.8 Å². The van der Waals surface area contributed by atoms with Crippen molar-refractivity contribution in [3.63, 3.8) is 0 Å². The molecule has 7 nitrogen and oxygen atoms in total. The van der Waals surface area contributed by atoms with Crippen LogP contribution in [0.5, 0.6) is 11.5 Å². The number of hydrazone groups is 1. The molecule has 0 atom stereocenters. The first-order valence-electron chi connectivity index (χ1n) is 5.53. The van der Waals surface area contributed by atoms with Gasteiger partial charge in [-0.15, -0.1) is 0 Å². The number of phenols is 2. The van der Waals surface area contributed by atoms with E-state index in [1.54, 1.807) is 0 Å². The van der Waals surface area contributed by atoms with E-state index < -0.39 is 45.8 Å². The Labute approximate surface area is 127 Å². The number of phenolic OH excluding ortho intramolecular Hbond substituents is 2. The van der Waals surface area contributed by atoms with Crippen LogP contribution in [-0.4, -0.2) is 39.5 Å². The zero-order valence-corrected chi connectivity index (χ0v) is 11.0. The average molecular weight is 365 g/mol. The maximum atomic E-state index is 12.9. The fraction of sp³-hybridized carbons (Fsp3) is 0.300. The Kier molecular flexibility index (Phi) is 4.82. The van der Waals surface area contributed by atoms with Gasteiger partial charge in [0.05, 0.1) is 11.1 Å².